The Bertz CT molecular complexity index is 189. The summed E-state index contributed by atoms with van der Waals surface area (Å²) in [6.07, 6.45) is 0. The number of phenols is 1. The Morgan fingerprint density at radius 3 is 1.67 bits per heavy atom. The molecule has 0 saturated carbocycles. The minimum absolute atomic E-state index is 0.329. The normalized spacial score (nSPS) is 8.33. The van der Waals surface area contributed by atoms with Gasteiger partial charge in [0, 0.05) is 0 Å². The van der Waals surface area contributed by atoms with Crippen molar-refractivity contribution in [2.24, 2.45) is 0 Å². The zero-order valence-corrected chi connectivity index (χ0v) is 11.1. The molecule has 1 aromatic carbocycles. The van der Waals surface area contributed by atoms with Gasteiger partial charge in [-0.1, -0.05) is 17.7 Å². The number of hydrogen-bond donors (Lipinski definition) is 1. The average molecular weight is 306 g/mol. The van der Waals surface area contributed by atoms with Crippen LogP contribution in [0.15, 0.2) is 24.3 Å². The van der Waals surface area contributed by atoms with Crippen molar-refractivity contribution in [3.63, 3.8) is 0 Å². The Kier molecular flexibility index (Phi) is 7.67. The van der Waals surface area contributed by atoms with E-state index in [0.717, 1.165) is 0 Å². The number of hydrogen-bond acceptors (Lipinski definition) is 1. The summed E-state index contributed by atoms with van der Waals surface area (Å²) in [6, 6.07) is 7.09. The minimum atomic E-state index is -2.13. The van der Waals surface area contributed by atoms with Crippen LogP contribution in [0.2, 0.25) is 0 Å². The molecule has 0 atom stereocenters. The molecule has 12 heavy (non-hydrogen) atoms. The van der Waals surface area contributed by atoms with Crippen molar-refractivity contribution in [3.05, 3.63) is 29.8 Å². The van der Waals surface area contributed by atoms with E-state index < -0.39 is 18.2 Å². The van der Waals surface area contributed by atoms with Gasteiger partial charge in [-0.15, -0.1) is 0 Å². The molecular weight excluding hydrogens is 298 g/mol. The van der Waals surface area contributed by atoms with Crippen LogP contribution in [0.3, 0.4) is 0 Å². The molecule has 1 nitrogen and oxygen atoms in total. The Hall–Kier alpha value is 0.773. The van der Waals surface area contributed by atoms with Gasteiger partial charge in [0.2, 0.25) is 0 Å². The summed E-state index contributed by atoms with van der Waals surface area (Å²) in [6.45, 7) is 1.99. The predicted octanol–water partition coefficient (Wildman–Crippen LogP) is 3.77. The number of aromatic hydroxyl groups is 1. The summed E-state index contributed by atoms with van der Waals surface area (Å²) < 4.78 is 0. The fourth-order valence-corrected chi connectivity index (χ4v) is 0.545. The standard InChI is InChI=1S/C7H8O.3ClH.Zr/c1-6-2-4-7(8)5-3-6;;;;/h2-5,8H,1H3;3*1H;/q;;;;+3/p-3. The first-order chi connectivity index (χ1) is 5.52. The third-order valence-electron chi connectivity index (χ3n) is 1.03. The van der Waals surface area contributed by atoms with E-state index in [0.29, 0.717) is 5.75 Å². The molecule has 0 aromatic heterocycles. The zero-order chi connectivity index (χ0) is 9.56. The number of benzene rings is 1. The molecule has 0 aliphatic rings. The third kappa shape index (κ3) is 8.87. The van der Waals surface area contributed by atoms with Gasteiger partial charge in [0.05, 0.1) is 0 Å². The van der Waals surface area contributed by atoms with Crippen LogP contribution in [0.25, 0.3) is 0 Å². The summed E-state index contributed by atoms with van der Waals surface area (Å²) in [5.41, 5.74) is 1.17. The summed E-state index contributed by atoms with van der Waals surface area (Å²) in [5, 5.41) is 8.76. The van der Waals surface area contributed by atoms with Gasteiger partial charge in [-0.05, 0) is 19.1 Å². The molecule has 0 heterocycles. The molecule has 67 valence electrons. The van der Waals surface area contributed by atoms with Crippen LogP contribution in [-0.2, 0) is 18.2 Å². The molecule has 5 heteroatoms. The van der Waals surface area contributed by atoms with Gasteiger partial charge in [-0.2, -0.15) is 0 Å². The zero-order valence-electron chi connectivity index (χ0n) is 6.39. The topological polar surface area (TPSA) is 20.2 Å². The Morgan fingerprint density at radius 1 is 1.08 bits per heavy atom. The van der Waals surface area contributed by atoms with E-state index in [1.165, 1.54) is 5.56 Å². The molecule has 1 aromatic rings. The van der Waals surface area contributed by atoms with Crippen LogP contribution < -0.4 is 0 Å². The number of rotatable bonds is 0. The number of halogens is 3. The van der Waals surface area contributed by atoms with E-state index in [1.54, 1.807) is 12.1 Å². The van der Waals surface area contributed by atoms with E-state index in [4.69, 9.17) is 30.6 Å². The van der Waals surface area contributed by atoms with Crippen LogP contribution in [-0.4, -0.2) is 5.11 Å². The molecule has 0 spiro atoms. The molecule has 1 rings (SSSR count). The van der Waals surface area contributed by atoms with Crippen molar-refractivity contribution in [3.8, 4) is 5.75 Å². The van der Waals surface area contributed by atoms with Gasteiger partial charge < -0.3 is 5.11 Å². The van der Waals surface area contributed by atoms with Crippen molar-refractivity contribution in [2.75, 3.05) is 0 Å². The summed E-state index contributed by atoms with van der Waals surface area (Å²) in [5.74, 6) is 0.329. The molecule has 0 aliphatic carbocycles. The second kappa shape index (κ2) is 7.20. The SMILES string of the molecule is Cc1ccc(O)cc1.[Cl][Zr]([Cl])[Cl]. The quantitative estimate of drug-likeness (QED) is 0.773. The molecular formula is C7H8Cl3OZr. The first kappa shape index (κ1) is 12.8. The second-order valence-corrected chi connectivity index (χ2v) is 13.2. The maximum atomic E-state index is 8.76. The molecule has 0 fully saturated rings. The molecule has 1 N–H and O–H groups in total. The predicted molar refractivity (Wildman–Crippen MR) is 50.4 cm³/mol. The van der Waals surface area contributed by atoms with Crippen LogP contribution in [0, 0.1) is 6.92 Å². The van der Waals surface area contributed by atoms with Gasteiger partial charge in [-0.3, -0.25) is 0 Å². The maximum absolute atomic E-state index is 8.76. The van der Waals surface area contributed by atoms with Gasteiger partial charge in [0.15, 0.2) is 0 Å². The van der Waals surface area contributed by atoms with Crippen molar-refractivity contribution in [1.29, 1.82) is 0 Å². The van der Waals surface area contributed by atoms with E-state index in [9.17, 15) is 0 Å². The van der Waals surface area contributed by atoms with Gasteiger partial charge >= 0.3 is 43.7 Å². The van der Waals surface area contributed by atoms with E-state index >= 15 is 0 Å². The second-order valence-electron chi connectivity index (χ2n) is 2.05. The average Bonchev–Trinajstić information content (AvgIpc) is 1.94. The van der Waals surface area contributed by atoms with Gasteiger partial charge in [0.25, 0.3) is 0 Å². The van der Waals surface area contributed by atoms with Crippen molar-refractivity contribution >= 4 is 25.5 Å². The Labute approximate surface area is 90.6 Å². The van der Waals surface area contributed by atoms with Crippen LogP contribution in [0.4, 0.5) is 0 Å². The van der Waals surface area contributed by atoms with E-state index in [2.05, 4.69) is 0 Å². The molecule has 0 unspecified atom stereocenters. The summed E-state index contributed by atoms with van der Waals surface area (Å²) >= 11 is -2.13. The molecule has 0 radical (unpaired) electrons. The van der Waals surface area contributed by atoms with Crippen LogP contribution >= 0.6 is 25.5 Å². The summed E-state index contributed by atoms with van der Waals surface area (Å²) in [7, 11) is 15.0. The van der Waals surface area contributed by atoms with Crippen LogP contribution in [0.5, 0.6) is 5.75 Å². The number of phenolic OH excluding ortho intramolecular Hbond substituents is 1. The van der Waals surface area contributed by atoms with Gasteiger partial charge in [0.1, 0.15) is 5.75 Å². The Balaban J connectivity index is 0.000000261. The van der Waals surface area contributed by atoms with Crippen molar-refractivity contribution < 1.29 is 23.3 Å². The van der Waals surface area contributed by atoms with Crippen LogP contribution in [0.1, 0.15) is 5.56 Å². The Morgan fingerprint density at radius 2 is 1.42 bits per heavy atom. The fourth-order valence-electron chi connectivity index (χ4n) is 0.545. The molecule has 0 saturated heterocycles. The fraction of sp³-hybridized carbons (Fsp3) is 0.143. The molecule has 0 aliphatic heterocycles. The van der Waals surface area contributed by atoms with Crippen molar-refractivity contribution in [2.45, 2.75) is 6.92 Å². The van der Waals surface area contributed by atoms with E-state index in [-0.39, 0.29) is 0 Å². The number of aryl methyl sites for hydroxylation is 1. The first-order valence-electron chi connectivity index (χ1n) is 3.11. The monoisotopic (exact) mass is 303 g/mol. The third-order valence-corrected chi connectivity index (χ3v) is 1.03. The van der Waals surface area contributed by atoms with E-state index in [1.807, 2.05) is 19.1 Å². The first-order valence-corrected chi connectivity index (χ1v) is 12.6. The molecule has 0 bridgehead atoms. The van der Waals surface area contributed by atoms with Crippen molar-refractivity contribution in [1.82, 2.24) is 0 Å². The summed E-state index contributed by atoms with van der Waals surface area (Å²) in [4.78, 5) is 0. The van der Waals surface area contributed by atoms with Gasteiger partial charge in [-0.25, -0.2) is 0 Å². The molecule has 0 amide bonds.